The summed E-state index contributed by atoms with van der Waals surface area (Å²) in [5.41, 5.74) is 0. The molecule has 1 heterocycles. The summed E-state index contributed by atoms with van der Waals surface area (Å²) in [6.45, 7) is 3.64. The van der Waals surface area contributed by atoms with Gasteiger partial charge >= 0.3 is 0 Å². The van der Waals surface area contributed by atoms with E-state index in [1.807, 2.05) is 11.8 Å². The van der Waals surface area contributed by atoms with Crippen molar-refractivity contribution in [1.29, 1.82) is 0 Å². The van der Waals surface area contributed by atoms with Crippen molar-refractivity contribution in [1.82, 2.24) is 4.90 Å². The molecule has 0 aliphatic carbocycles. The van der Waals surface area contributed by atoms with E-state index in [0.717, 1.165) is 25.9 Å². The number of rotatable bonds is 2. The van der Waals surface area contributed by atoms with Gasteiger partial charge < -0.3 is 9.64 Å². The smallest absolute Gasteiger partial charge is 0.251 e. The molecule has 0 radical (unpaired) electrons. The van der Waals surface area contributed by atoms with E-state index in [9.17, 15) is 4.79 Å². The molecule has 0 spiro atoms. The first-order valence-electron chi connectivity index (χ1n) is 5.57. The third kappa shape index (κ3) is 3.29. The normalized spacial score (nSPS) is 21.1. The summed E-state index contributed by atoms with van der Waals surface area (Å²) >= 11 is 0. The second-order valence-corrected chi connectivity index (χ2v) is 3.97. The minimum absolute atomic E-state index is 0.148. The highest BCUT2D eigenvalue weighted by molar-refractivity contribution is 5.80. The number of likely N-dealkylation sites (tertiary alicyclic amines) is 1. The zero-order valence-electron chi connectivity index (χ0n) is 9.29. The number of ether oxygens (including phenoxy) is 1. The van der Waals surface area contributed by atoms with Gasteiger partial charge in [0, 0.05) is 20.2 Å². The predicted octanol–water partition coefficient (Wildman–Crippen LogP) is 1.81. The highest BCUT2D eigenvalue weighted by atomic mass is 16.5. The molecule has 0 aromatic heterocycles. The van der Waals surface area contributed by atoms with Crippen molar-refractivity contribution < 1.29 is 9.53 Å². The van der Waals surface area contributed by atoms with Gasteiger partial charge in [-0.2, -0.15) is 0 Å². The summed E-state index contributed by atoms with van der Waals surface area (Å²) in [7, 11) is 1.59. The van der Waals surface area contributed by atoms with Crippen LogP contribution in [0.1, 0.15) is 39.0 Å². The number of carbonyl (C=O) groups is 1. The number of hydrogen-bond donors (Lipinski definition) is 0. The Hall–Kier alpha value is -0.570. The Balaban J connectivity index is 2.42. The third-order valence-electron chi connectivity index (χ3n) is 2.87. The van der Waals surface area contributed by atoms with Crippen LogP contribution < -0.4 is 0 Å². The van der Waals surface area contributed by atoms with Crippen LogP contribution in [0.5, 0.6) is 0 Å². The average molecular weight is 199 g/mol. The first-order valence-corrected chi connectivity index (χ1v) is 5.57. The molecule has 1 rings (SSSR count). The standard InChI is InChI=1S/C11H21NO2/c1-10(14-2)11(13)12-8-6-4-3-5-7-9-12/h10H,3-9H2,1-2H3. The lowest BCUT2D eigenvalue weighted by atomic mass is 10.1. The molecular formula is C11H21NO2. The van der Waals surface area contributed by atoms with Crippen LogP contribution >= 0.6 is 0 Å². The molecule has 0 N–H and O–H groups in total. The van der Waals surface area contributed by atoms with Crippen molar-refractivity contribution in [2.75, 3.05) is 20.2 Å². The van der Waals surface area contributed by atoms with Crippen LogP contribution in [-0.2, 0) is 9.53 Å². The fourth-order valence-corrected chi connectivity index (χ4v) is 1.83. The molecular weight excluding hydrogens is 178 g/mol. The van der Waals surface area contributed by atoms with Crippen molar-refractivity contribution >= 4 is 5.91 Å². The lowest BCUT2D eigenvalue weighted by molar-refractivity contribution is -0.141. The first kappa shape index (κ1) is 11.5. The summed E-state index contributed by atoms with van der Waals surface area (Å²) in [5, 5.41) is 0. The Labute approximate surface area is 86.4 Å². The minimum Gasteiger partial charge on any atom is -0.372 e. The van der Waals surface area contributed by atoms with Crippen LogP contribution in [0.15, 0.2) is 0 Å². The van der Waals surface area contributed by atoms with Crippen molar-refractivity contribution in [2.45, 2.75) is 45.1 Å². The van der Waals surface area contributed by atoms with Gasteiger partial charge in [0.25, 0.3) is 5.91 Å². The molecule has 0 aromatic carbocycles. The molecule has 0 bridgehead atoms. The second kappa shape index (κ2) is 6.02. The number of methoxy groups -OCH3 is 1. The van der Waals surface area contributed by atoms with Crippen LogP contribution in [0, 0.1) is 0 Å². The molecule has 1 saturated heterocycles. The van der Waals surface area contributed by atoms with E-state index in [2.05, 4.69) is 0 Å². The van der Waals surface area contributed by atoms with Crippen LogP contribution in [0.3, 0.4) is 0 Å². The molecule has 1 atom stereocenters. The van der Waals surface area contributed by atoms with Gasteiger partial charge in [-0.25, -0.2) is 0 Å². The third-order valence-corrected chi connectivity index (χ3v) is 2.87. The van der Waals surface area contributed by atoms with Gasteiger partial charge in [-0.15, -0.1) is 0 Å². The van der Waals surface area contributed by atoms with Gasteiger partial charge in [-0.3, -0.25) is 4.79 Å². The Morgan fingerprint density at radius 1 is 1.14 bits per heavy atom. The van der Waals surface area contributed by atoms with Gasteiger partial charge in [0.05, 0.1) is 0 Å². The molecule has 1 unspecified atom stereocenters. The molecule has 14 heavy (non-hydrogen) atoms. The molecule has 1 aliphatic heterocycles. The largest absolute Gasteiger partial charge is 0.372 e. The Bertz CT molecular complexity index is 174. The Morgan fingerprint density at radius 2 is 1.64 bits per heavy atom. The molecule has 3 nitrogen and oxygen atoms in total. The van der Waals surface area contributed by atoms with Crippen molar-refractivity contribution in [2.24, 2.45) is 0 Å². The second-order valence-electron chi connectivity index (χ2n) is 3.97. The maximum atomic E-state index is 11.8. The lowest BCUT2D eigenvalue weighted by Gasteiger charge is -2.26. The molecule has 1 aliphatic rings. The highest BCUT2D eigenvalue weighted by Gasteiger charge is 2.19. The highest BCUT2D eigenvalue weighted by Crippen LogP contribution is 2.11. The van der Waals surface area contributed by atoms with Gasteiger partial charge in [-0.05, 0) is 19.8 Å². The van der Waals surface area contributed by atoms with Crippen molar-refractivity contribution in [3.8, 4) is 0 Å². The van der Waals surface area contributed by atoms with Crippen LogP contribution in [0.25, 0.3) is 0 Å². The molecule has 1 fully saturated rings. The van der Waals surface area contributed by atoms with Gasteiger partial charge in [-0.1, -0.05) is 19.3 Å². The van der Waals surface area contributed by atoms with E-state index < -0.39 is 0 Å². The quantitative estimate of drug-likeness (QED) is 0.679. The number of carbonyl (C=O) groups excluding carboxylic acids is 1. The van der Waals surface area contributed by atoms with Crippen molar-refractivity contribution in [3.63, 3.8) is 0 Å². The summed E-state index contributed by atoms with van der Waals surface area (Å²) < 4.78 is 5.05. The average Bonchev–Trinajstić information content (AvgIpc) is 2.15. The Morgan fingerprint density at radius 3 is 2.14 bits per heavy atom. The number of nitrogens with zero attached hydrogens (tertiary/aromatic N) is 1. The van der Waals surface area contributed by atoms with Crippen LogP contribution in [0.2, 0.25) is 0 Å². The van der Waals surface area contributed by atoms with Crippen molar-refractivity contribution in [3.05, 3.63) is 0 Å². The molecule has 0 aromatic rings. The van der Waals surface area contributed by atoms with Crippen LogP contribution in [0.4, 0.5) is 0 Å². The summed E-state index contributed by atoms with van der Waals surface area (Å²) in [6.07, 6.45) is 5.83. The molecule has 82 valence electrons. The van der Waals surface area contributed by atoms with E-state index in [1.54, 1.807) is 7.11 Å². The summed E-state index contributed by atoms with van der Waals surface area (Å²) in [6, 6.07) is 0. The predicted molar refractivity (Wildman–Crippen MR) is 56.1 cm³/mol. The Kier molecular flexibility index (Phi) is 4.94. The maximum Gasteiger partial charge on any atom is 0.251 e. The molecule has 3 heteroatoms. The SMILES string of the molecule is COC(C)C(=O)N1CCCCCCC1. The first-order chi connectivity index (χ1) is 6.75. The molecule has 1 amide bonds. The fourth-order valence-electron chi connectivity index (χ4n) is 1.83. The lowest BCUT2D eigenvalue weighted by Crippen LogP contribution is -2.40. The topological polar surface area (TPSA) is 29.5 Å². The van der Waals surface area contributed by atoms with E-state index in [-0.39, 0.29) is 12.0 Å². The monoisotopic (exact) mass is 199 g/mol. The number of amides is 1. The zero-order valence-corrected chi connectivity index (χ0v) is 9.29. The fraction of sp³-hybridized carbons (Fsp3) is 0.909. The zero-order chi connectivity index (χ0) is 10.4. The van der Waals surface area contributed by atoms with E-state index >= 15 is 0 Å². The maximum absolute atomic E-state index is 11.8. The summed E-state index contributed by atoms with van der Waals surface area (Å²) in [4.78, 5) is 13.7. The minimum atomic E-state index is -0.283. The van der Waals surface area contributed by atoms with Gasteiger partial charge in [0.1, 0.15) is 6.10 Å². The summed E-state index contributed by atoms with van der Waals surface area (Å²) in [5.74, 6) is 0.148. The van der Waals surface area contributed by atoms with E-state index in [1.165, 1.54) is 19.3 Å². The van der Waals surface area contributed by atoms with Gasteiger partial charge in [0.2, 0.25) is 0 Å². The van der Waals surface area contributed by atoms with Gasteiger partial charge in [0.15, 0.2) is 0 Å². The number of hydrogen-bond acceptors (Lipinski definition) is 2. The van der Waals surface area contributed by atoms with Crippen LogP contribution in [-0.4, -0.2) is 37.1 Å². The molecule has 0 saturated carbocycles. The van der Waals surface area contributed by atoms with E-state index in [4.69, 9.17) is 4.74 Å². The van der Waals surface area contributed by atoms with E-state index in [0.29, 0.717) is 0 Å².